The predicted molar refractivity (Wildman–Crippen MR) is 61.7 cm³/mol. The van der Waals surface area contributed by atoms with Crippen LogP contribution in [0.3, 0.4) is 0 Å². The third-order valence-corrected chi connectivity index (χ3v) is 2.23. The second-order valence-corrected chi connectivity index (χ2v) is 3.75. The second-order valence-electron chi connectivity index (χ2n) is 3.75. The van der Waals surface area contributed by atoms with Gasteiger partial charge in [-0.2, -0.15) is 5.10 Å². The largest absolute Gasteiger partial charge is 0.346 e. The van der Waals surface area contributed by atoms with Gasteiger partial charge in [-0.15, -0.1) is 0 Å². The van der Waals surface area contributed by atoms with Gasteiger partial charge in [0.25, 0.3) is 0 Å². The second kappa shape index (κ2) is 6.00. The number of nitrogens with one attached hydrogen (secondary N) is 1. The highest BCUT2D eigenvalue weighted by atomic mass is 16.2. The Labute approximate surface area is 99.6 Å². The minimum Gasteiger partial charge on any atom is -0.346 e. The van der Waals surface area contributed by atoms with Crippen LogP contribution in [0.2, 0.25) is 0 Å². The molecule has 2 amide bonds. The van der Waals surface area contributed by atoms with Crippen LogP contribution < -0.4 is 11.1 Å². The lowest BCUT2D eigenvalue weighted by Gasteiger charge is -2.16. The average molecular weight is 239 g/mol. The number of rotatable bonds is 5. The molecule has 0 radical (unpaired) electrons. The summed E-state index contributed by atoms with van der Waals surface area (Å²) < 4.78 is 1.67. The van der Waals surface area contributed by atoms with Gasteiger partial charge < -0.3 is 16.0 Å². The monoisotopic (exact) mass is 239 g/mol. The van der Waals surface area contributed by atoms with Crippen molar-refractivity contribution in [2.24, 2.45) is 12.8 Å². The van der Waals surface area contributed by atoms with Crippen molar-refractivity contribution in [1.82, 2.24) is 20.0 Å². The van der Waals surface area contributed by atoms with Crippen LogP contribution in [0.25, 0.3) is 0 Å². The van der Waals surface area contributed by atoms with Gasteiger partial charge in [0.15, 0.2) is 0 Å². The Kier molecular flexibility index (Phi) is 4.65. The molecule has 0 aliphatic carbocycles. The molecule has 17 heavy (non-hydrogen) atoms. The van der Waals surface area contributed by atoms with Crippen LogP contribution in [0.4, 0.5) is 0 Å². The number of aryl methyl sites for hydroxylation is 1. The van der Waals surface area contributed by atoms with Crippen LogP contribution in [-0.2, 0) is 23.2 Å². The number of amides is 2. The lowest BCUT2D eigenvalue weighted by molar-refractivity contribution is -0.131. The molecule has 1 rings (SSSR count). The molecule has 0 spiro atoms. The molecule has 1 aromatic heterocycles. The van der Waals surface area contributed by atoms with E-state index in [9.17, 15) is 9.59 Å². The molecule has 0 saturated carbocycles. The van der Waals surface area contributed by atoms with E-state index >= 15 is 0 Å². The van der Waals surface area contributed by atoms with Gasteiger partial charge in [0.2, 0.25) is 11.8 Å². The molecule has 7 heteroatoms. The number of nitrogens with two attached hydrogens (primary N) is 1. The van der Waals surface area contributed by atoms with E-state index in [1.54, 1.807) is 17.9 Å². The third kappa shape index (κ3) is 4.23. The summed E-state index contributed by atoms with van der Waals surface area (Å²) in [4.78, 5) is 24.0. The highest BCUT2D eigenvalue weighted by molar-refractivity contribution is 5.85. The van der Waals surface area contributed by atoms with Crippen molar-refractivity contribution in [2.45, 2.75) is 6.54 Å². The van der Waals surface area contributed by atoms with Crippen molar-refractivity contribution >= 4 is 11.8 Å². The standard InChI is InChI=1S/C10H17N5O2/c1-14(6-8-4-13-15(2)7-8)10(17)5-12-9(16)3-11/h4,7H,3,5-6,11H2,1-2H3,(H,12,16). The predicted octanol–water partition coefficient (Wildman–Crippen LogP) is -1.55. The highest BCUT2D eigenvalue weighted by Gasteiger charge is 2.10. The quantitative estimate of drug-likeness (QED) is 0.650. The lowest BCUT2D eigenvalue weighted by Crippen LogP contribution is -2.40. The van der Waals surface area contributed by atoms with Gasteiger partial charge in [0.05, 0.1) is 19.3 Å². The topological polar surface area (TPSA) is 93.2 Å². The molecule has 0 aliphatic rings. The van der Waals surface area contributed by atoms with Crippen molar-refractivity contribution in [2.75, 3.05) is 20.1 Å². The fourth-order valence-electron chi connectivity index (χ4n) is 1.30. The minimum atomic E-state index is -0.340. The van der Waals surface area contributed by atoms with Gasteiger partial charge in [0.1, 0.15) is 0 Å². The van der Waals surface area contributed by atoms with E-state index < -0.39 is 0 Å². The van der Waals surface area contributed by atoms with Gasteiger partial charge >= 0.3 is 0 Å². The zero-order valence-corrected chi connectivity index (χ0v) is 10.0. The summed E-state index contributed by atoms with van der Waals surface area (Å²) >= 11 is 0. The Morgan fingerprint density at radius 3 is 2.82 bits per heavy atom. The fraction of sp³-hybridized carbons (Fsp3) is 0.500. The number of likely N-dealkylation sites (N-methyl/N-ethyl adjacent to an activating group) is 1. The van der Waals surface area contributed by atoms with Crippen molar-refractivity contribution in [3.05, 3.63) is 18.0 Å². The zero-order chi connectivity index (χ0) is 12.8. The maximum Gasteiger partial charge on any atom is 0.242 e. The van der Waals surface area contributed by atoms with Gasteiger partial charge in [-0.3, -0.25) is 14.3 Å². The Balaban J connectivity index is 2.39. The van der Waals surface area contributed by atoms with E-state index in [1.807, 2.05) is 13.2 Å². The SMILES string of the molecule is CN(Cc1cnn(C)c1)C(=O)CNC(=O)CN. The molecule has 0 fully saturated rings. The van der Waals surface area contributed by atoms with E-state index in [-0.39, 0.29) is 24.9 Å². The molecule has 0 atom stereocenters. The van der Waals surface area contributed by atoms with Gasteiger partial charge in [-0.1, -0.05) is 0 Å². The number of carbonyl (C=O) groups is 2. The summed E-state index contributed by atoms with van der Waals surface area (Å²) in [5, 5.41) is 6.44. The first kappa shape index (κ1) is 13.2. The number of nitrogens with zero attached hydrogens (tertiary/aromatic N) is 3. The van der Waals surface area contributed by atoms with Crippen LogP contribution in [0.5, 0.6) is 0 Å². The van der Waals surface area contributed by atoms with E-state index in [2.05, 4.69) is 10.4 Å². The molecule has 0 aromatic carbocycles. The highest BCUT2D eigenvalue weighted by Crippen LogP contribution is 2.00. The van der Waals surface area contributed by atoms with E-state index in [4.69, 9.17) is 5.73 Å². The van der Waals surface area contributed by atoms with Gasteiger partial charge in [-0.25, -0.2) is 0 Å². The summed E-state index contributed by atoms with van der Waals surface area (Å²) in [6.45, 7) is 0.317. The molecule has 1 aromatic rings. The lowest BCUT2D eigenvalue weighted by atomic mass is 10.3. The van der Waals surface area contributed by atoms with Crippen LogP contribution in [0.15, 0.2) is 12.4 Å². The fourth-order valence-corrected chi connectivity index (χ4v) is 1.30. The third-order valence-electron chi connectivity index (χ3n) is 2.23. The smallest absolute Gasteiger partial charge is 0.242 e. The van der Waals surface area contributed by atoms with E-state index in [1.165, 1.54) is 4.90 Å². The Morgan fingerprint density at radius 2 is 2.29 bits per heavy atom. The first-order chi connectivity index (χ1) is 8.02. The Hall–Kier alpha value is -1.89. The summed E-state index contributed by atoms with van der Waals surface area (Å²) in [7, 11) is 3.48. The van der Waals surface area contributed by atoms with Crippen LogP contribution in [0.1, 0.15) is 5.56 Å². The van der Waals surface area contributed by atoms with Crippen molar-refractivity contribution in [3.63, 3.8) is 0 Å². The molecule has 0 unspecified atom stereocenters. The Morgan fingerprint density at radius 1 is 1.59 bits per heavy atom. The first-order valence-electron chi connectivity index (χ1n) is 5.21. The normalized spacial score (nSPS) is 10.1. The van der Waals surface area contributed by atoms with E-state index in [0.717, 1.165) is 5.56 Å². The maximum absolute atomic E-state index is 11.6. The molecule has 0 bridgehead atoms. The summed E-state index contributed by atoms with van der Waals surface area (Å²) in [6.07, 6.45) is 3.53. The van der Waals surface area contributed by atoms with Crippen molar-refractivity contribution in [1.29, 1.82) is 0 Å². The molecule has 94 valence electrons. The average Bonchev–Trinajstić information content (AvgIpc) is 2.70. The van der Waals surface area contributed by atoms with Crippen LogP contribution in [-0.4, -0.2) is 46.6 Å². The summed E-state index contributed by atoms with van der Waals surface area (Å²) in [5.41, 5.74) is 6.05. The van der Waals surface area contributed by atoms with Crippen LogP contribution in [0, 0.1) is 0 Å². The van der Waals surface area contributed by atoms with Crippen molar-refractivity contribution < 1.29 is 9.59 Å². The minimum absolute atomic E-state index is 0.0349. The molecular formula is C10H17N5O2. The van der Waals surface area contributed by atoms with Gasteiger partial charge in [0, 0.05) is 32.4 Å². The number of hydrogen-bond acceptors (Lipinski definition) is 4. The maximum atomic E-state index is 11.6. The summed E-state index contributed by atoms with van der Waals surface area (Å²) in [5.74, 6) is -0.510. The number of hydrogen-bond donors (Lipinski definition) is 2. The summed E-state index contributed by atoms with van der Waals surface area (Å²) in [6, 6.07) is 0. The first-order valence-corrected chi connectivity index (χ1v) is 5.21. The molecule has 0 aliphatic heterocycles. The molecule has 1 heterocycles. The zero-order valence-electron chi connectivity index (χ0n) is 10.0. The Bertz CT molecular complexity index is 401. The van der Waals surface area contributed by atoms with Crippen molar-refractivity contribution in [3.8, 4) is 0 Å². The van der Waals surface area contributed by atoms with Crippen LogP contribution >= 0.6 is 0 Å². The molecule has 7 nitrogen and oxygen atoms in total. The number of carbonyl (C=O) groups excluding carboxylic acids is 2. The number of aromatic nitrogens is 2. The molecule has 0 saturated heterocycles. The van der Waals surface area contributed by atoms with E-state index in [0.29, 0.717) is 6.54 Å². The molecule has 3 N–H and O–H groups in total. The molecular weight excluding hydrogens is 222 g/mol. The van der Waals surface area contributed by atoms with Gasteiger partial charge in [-0.05, 0) is 0 Å².